The molecule has 0 radical (unpaired) electrons. The lowest BCUT2D eigenvalue weighted by Gasteiger charge is -1.91. The molecule has 4 heteroatoms. The zero-order chi connectivity index (χ0) is 7.84. The minimum absolute atomic E-state index is 0.389. The summed E-state index contributed by atoms with van der Waals surface area (Å²) in [4.78, 5) is 0.789. The zero-order valence-corrected chi connectivity index (χ0v) is 5.74. The second-order valence-corrected chi connectivity index (χ2v) is 2.30. The smallest absolute Gasteiger partial charge is 0.144 e. The second kappa shape index (κ2) is 2.01. The molecule has 1 N–H and O–H groups in total. The van der Waals surface area contributed by atoms with E-state index in [2.05, 4.69) is 11.0 Å². The number of hydrogen-bond acceptors (Lipinski definition) is 3. The van der Waals surface area contributed by atoms with Gasteiger partial charge in [0.15, 0.2) is 0 Å². The fourth-order valence-corrected chi connectivity index (χ4v) is 1.14. The van der Waals surface area contributed by atoms with Gasteiger partial charge >= 0.3 is 0 Å². The Labute approximate surface area is 63.4 Å². The Morgan fingerprint density at radius 2 is 2.45 bits per heavy atom. The molecule has 0 unspecified atom stereocenters. The Kier molecular flexibility index (Phi) is 1.14. The van der Waals surface area contributed by atoms with E-state index in [1.807, 2.05) is 0 Å². The molecule has 0 saturated heterocycles. The quantitative estimate of drug-likeness (QED) is 0.422. The van der Waals surface area contributed by atoms with Crippen LogP contribution in [0.1, 0.15) is 17.0 Å². The Balaban J connectivity index is 2.63. The van der Waals surface area contributed by atoms with Crippen LogP contribution in [-0.4, -0.2) is 15.2 Å². The van der Waals surface area contributed by atoms with E-state index in [0.717, 1.165) is 10.4 Å². The molecule has 11 heavy (non-hydrogen) atoms. The molecule has 2 rings (SSSR count). The first-order chi connectivity index (χ1) is 5.33. The van der Waals surface area contributed by atoms with Gasteiger partial charge in [0.25, 0.3) is 0 Å². The normalized spacial score (nSPS) is 14.5. The predicted octanol–water partition coefficient (Wildman–Crippen LogP) is 0.132. The van der Waals surface area contributed by atoms with Crippen molar-refractivity contribution >= 4 is 0 Å². The fraction of sp³-hybridized carbons (Fsp3) is 0.286. The van der Waals surface area contributed by atoms with Crippen LogP contribution in [0.25, 0.3) is 0 Å². The highest BCUT2D eigenvalue weighted by Crippen LogP contribution is 2.21. The van der Waals surface area contributed by atoms with Crippen LogP contribution in [-0.2, 0) is 18.0 Å². The van der Waals surface area contributed by atoms with Crippen LogP contribution >= 0.6 is 0 Å². The molecular formula is C7H6N2O2. The van der Waals surface area contributed by atoms with E-state index in [0.29, 0.717) is 24.6 Å². The van der Waals surface area contributed by atoms with Crippen LogP contribution in [0.2, 0.25) is 0 Å². The second-order valence-electron chi connectivity index (χ2n) is 2.30. The van der Waals surface area contributed by atoms with Gasteiger partial charge in [0.2, 0.25) is 0 Å². The maximum atomic E-state index is 9.11. The predicted molar refractivity (Wildman–Crippen MR) is 35.8 cm³/mol. The van der Waals surface area contributed by atoms with Gasteiger partial charge in [-0.1, -0.05) is 0 Å². The molecule has 2 heterocycles. The average Bonchev–Trinajstić information content (AvgIpc) is 2.54. The molecule has 1 aliphatic rings. The van der Waals surface area contributed by atoms with Gasteiger partial charge in [-0.15, -0.1) is 16.4 Å². The number of hydrogen-bond donors (Lipinski definition) is 1. The summed E-state index contributed by atoms with van der Waals surface area (Å²) in [6.07, 6.45) is 5.14. The Hall–Kier alpha value is -1.47. The van der Waals surface area contributed by atoms with Crippen molar-refractivity contribution in [2.75, 3.05) is 0 Å². The maximum absolute atomic E-state index is 9.11. The van der Waals surface area contributed by atoms with E-state index in [1.165, 1.54) is 0 Å². The molecule has 0 aliphatic carbocycles. The van der Waals surface area contributed by atoms with Crippen molar-refractivity contribution in [3.63, 3.8) is 0 Å². The number of terminal acetylenes is 1. The third-order valence-corrected chi connectivity index (χ3v) is 1.69. The van der Waals surface area contributed by atoms with E-state index < -0.39 is 0 Å². The van der Waals surface area contributed by atoms with Gasteiger partial charge < -0.3 is 9.94 Å². The third kappa shape index (κ3) is 0.717. The molecule has 1 aliphatic heterocycles. The molecule has 0 bridgehead atoms. The minimum atomic E-state index is 0.389. The van der Waals surface area contributed by atoms with Crippen molar-refractivity contribution in [2.45, 2.75) is 13.2 Å². The summed E-state index contributed by atoms with van der Waals surface area (Å²) < 4.78 is 5.06. The summed E-state index contributed by atoms with van der Waals surface area (Å²) in [7, 11) is 0. The highest BCUT2D eigenvalue weighted by atomic mass is 16.5. The molecule has 0 amide bonds. The summed E-state index contributed by atoms with van der Waals surface area (Å²) >= 11 is 0. The van der Waals surface area contributed by atoms with Gasteiger partial charge in [0.1, 0.15) is 11.4 Å². The monoisotopic (exact) mass is 150 g/mol. The largest absolute Gasteiger partial charge is 0.411 e. The molecule has 0 fully saturated rings. The highest BCUT2D eigenvalue weighted by Gasteiger charge is 2.21. The molecule has 56 valence electrons. The van der Waals surface area contributed by atoms with Crippen LogP contribution in [0, 0.1) is 12.3 Å². The average molecular weight is 150 g/mol. The number of fused-ring (bicyclic) bond motifs is 1. The molecule has 0 aromatic carbocycles. The topological polar surface area (TPSA) is 47.3 Å². The number of rotatable bonds is 0. The Bertz CT molecular complexity index is 335. The van der Waals surface area contributed by atoms with E-state index in [1.54, 1.807) is 0 Å². The van der Waals surface area contributed by atoms with Gasteiger partial charge in [-0.2, -0.15) is 0 Å². The van der Waals surface area contributed by atoms with Crippen LogP contribution < -0.4 is 0 Å². The van der Waals surface area contributed by atoms with Crippen molar-refractivity contribution in [2.24, 2.45) is 0 Å². The summed E-state index contributed by atoms with van der Waals surface area (Å²) in [5, 5.41) is 12.8. The highest BCUT2D eigenvalue weighted by molar-refractivity contribution is 5.37. The minimum Gasteiger partial charge on any atom is -0.411 e. The SMILES string of the molecule is C#Cc1nn(O)c2c1COC2. The van der Waals surface area contributed by atoms with Gasteiger partial charge in [0, 0.05) is 5.56 Å². The van der Waals surface area contributed by atoms with E-state index in [-0.39, 0.29) is 0 Å². The number of nitrogens with zero attached hydrogens (tertiary/aromatic N) is 2. The van der Waals surface area contributed by atoms with Crippen LogP contribution in [0.3, 0.4) is 0 Å². The lowest BCUT2D eigenvalue weighted by Crippen LogP contribution is -1.98. The Morgan fingerprint density at radius 3 is 3.18 bits per heavy atom. The third-order valence-electron chi connectivity index (χ3n) is 1.69. The molecule has 1 aromatic rings. The molecular weight excluding hydrogens is 144 g/mol. The van der Waals surface area contributed by atoms with E-state index in [9.17, 15) is 0 Å². The molecule has 0 saturated carbocycles. The van der Waals surface area contributed by atoms with E-state index >= 15 is 0 Å². The van der Waals surface area contributed by atoms with Crippen LogP contribution in [0.15, 0.2) is 0 Å². The fourth-order valence-electron chi connectivity index (χ4n) is 1.14. The van der Waals surface area contributed by atoms with Crippen LogP contribution in [0.4, 0.5) is 0 Å². The first-order valence-corrected chi connectivity index (χ1v) is 3.17. The van der Waals surface area contributed by atoms with Gasteiger partial charge in [-0.25, -0.2) is 0 Å². The summed E-state index contributed by atoms with van der Waals surface area (Å²) in [6.45, 7) is 0.843. The molecule has 0 spiro atoms. The lowest BCUT2D eigenvalue weighted by atomic mass is 10.2. The number of aromatic nitrogens is 2. The zero-order valence-electron chi connectivity index (χ0n) is 5.74. The Morgan fingerprint density at radius 1 is 1.64 bits per heavy atom. The summed E-state index contributed by atoms with van der Waals surface area (Å²) in [5.41, 5.74) is 1.97. The van der Waals surface area contributed by atoms with Crippen molar-refractivity contribution in [1.82, 2.24) is 9.94 Å². The number of ether oxygens (including phenoxy) is 1. The summed E-state index contributed by atoms with van der Waals surface area (Å²) in [5.74, 6) is 2.38. The van der Waals surface area contributed by atoms with E-state index in [4.69, 9.17) is 16.4 Å². The van der Waals surface area contributed by atoms with Crippen molar-refractivity contribution in [3.8, 4) is 12.3 Å². The van der Waals surface area contributed by atoms with Crippen LogP contribution in [0.5, 0.6) is 0 Å². The lowest BCUT2D eigenvalue weighted by molar-refractivity contribution is 0.0946. The molecule has 4 nitrogen and oxygen atoms in total. The van der Waals surface area contributed by atoms with Crippen molar-refractivity contribution in [1.29, 1.82) is 0 Å². The maximum Gasteiger partial charge on any atom is 0.144 e. The molecule has 1 aromatic heterocycles. The first kappa shape index (κ1) is 6.25. The van der Waals surface area contributed by atoms with Gasteiger partial charge in [0.05, 0.1) is 13.2 Å². The first-order valence-electron chi connectivity index (χ1n) is 3.17. The molecule has 0 atom stereocenters. The van der Waals surface area contributed by atoms with Crippen molar-refractivity contribution < 1.29 is 9.94 Å². The standard InChI is InChI=1S/C7H6N2O2/c1-2-6-5-3-11-4-7(5)9(10)8-6/h1,10H,3-4H2. The van der Waals surface area contributed by atoms with Crippen molar-refractivity contribution in [3.05, 3.63) is 17.0 Å². The summed E-state index contributed by atoms with van der Waals surface area (Å²) in [6, 6.07) is 0. The van der Waals surface area contributed by atoms with Gasteiger partial charge in [-0.05, 0) is 5.92 Å². The van der Waals surface area contributed by atoms with Gasteiger partial charge in [-0.3, -0.25) is 0 Å².